The molecular formula is C15H24ClN5O3S. The van der Waals surface area contributed by atoms with Crippen molar-refractivity contribution in [2.45, 2.75) is 18.6 Å². The molecule has 0 N–H and O–H groups in total. The summed E-state index contributed by atoms with van der Waals surface area (Å²) in [5, 5.41) is 4.76. The molecule has 1 amide bonds. The first-order valence-electron chi connectivity index (χ1n) is 8.32. The fraction of sp³-hybridized carbons (Fsp3) is 0.733. The molecule has 0 spiro atoms. The highest BCUT2D eigenvalue weighted by Gasteiger charge is 2.46. The van der Waals surface area contributed by atoms with Crippen molar-refractivity contribution < 1.29 is 13.2 Å². The number of carbonyl (C=O) groups excluding carboxylic acids is 1. The van der Waals surface area contributed by atoms with E-state index < -0.39 is 9.84 Å². The molecule has 25 heavy (non-hydrogen) atoms. The maximum Gasteiger partial charge on any atom is 0.236 e. The van der Waals surface area contributed by atoms with Gasteiger partial charge in [-0.2, -0.15) is 5.10 Å². The summed E-state index contributed by atoms with van der Waals surface area (Å²) in [6.45, 7) is 3.07. The van der Waals surface area contributed by atoms with Crippen LogP contribution in [0.2, 0.25) is 5.02 Å². The Morgan fingerprint density at radius 2 is 1.88 bits per heavy atom. The average Bonchev–Trinajstić information content (AvgIpc) is 3.08. The molecule has 0 aromatic carbocycles. The summed E-state index contributed by atoms with van der Waals surface area (Å²) in [6.07, 6.45) is 3.35. The second kappa shape index (κ2) is 7.22. The van der Waals surface area contributed by atoms with Crippen molar-refractivity contribution in [3.63, 3.8) is 0 Å². The number of hydrogen-bond acceptors (Lipinski definition) is 6. The van der Waals surface area contributed by atoms with E-state index in [2.05, 4.69) is 10.00 Å². The molecule has 0 radical (unpaired) electrons. The Morgan fingerprint density at radius 1 is 1.24 bits per heavy atom. The van der Waals surface area contributed by atoms with Gasteiger partial charge in [0.05, 0.1) is 35.8 Å². The van der Waals surface area contributed by atoms with Gasteiger partial charge in [0, 0.05) is 52.0 Å². The normalized spacial score (nSPS) is 26.5. The minimum atomic E-state index is -3.08. The largest absolute Gasteiger partial charge is 0.348 e. The highest BCUT2D eigenvalue weighted by atomic mass is 35.5. The number of fused-ring (bicyclic) bond motifs is 1. The van der Waals surface area contributed by atoms with Crippen molar-refractivity contribution >= 4 is 27.3 Å². The van der Waals surface area contributed by atoms with Gasteiger partial charge >= 0.3 is 0 Å². The van der Waals surface area contributed by atoms with Crippen LogP contribution in [0.3, 0.4) is 0 Å². The van der Waals surface area contributed by atoms with E-state index in [1.54, 1.807) is 36.1 Å². The molecule has 140 valence electrons. The number of halogens is 1. The van der Waals surface area contributed by atoms with Crippen molar-refractivity contribution in [3.8, 4) is 0 Å². The minimum absolute atomic E-state index is 0.00248. The van der Waals surface area contributed by atoms with Gasteiger partial charge in [-0.25, -0.2) is 8.42 Å². The number of hydrogen-bond donors (Lipinski definition) is 0. The minimum Gasteiger partial charge on any atom is -0.348 e. The van der Waals surface area contributed by atoms with Gasteiger partial charge in [0.1, 0.15) is 0 Å². The molecule has 2 aliphatic rings. The van der Waals surface area contributed by atoms with Crippen LogP contribution in [0.1, 0.15) is 0 Å². The molecular weight excluding hydrogens is 366 g/mol. The van der Waals surface area contributed by atoms with E-state index in [-0.39, 0.29) is 36.0 Å². The Balaban J connectivity index is 1.68. The molecule has 1 aromatic heterocycles. The van der Waals surface area contributed by atoms with Gasteiger partial charge in [-0.3, -0.25) is 19.3 Å². The smallest absolute Gasteiger partial charge is 0.236 e. The lowest BCUT2D eigenvalue weighted by Crippen LogP contribution is -2.60. The molecule has 3 rings (SSSR count). The third-order valence-corrected chi connectivity index (χ3v) is 6.86. The molecule has 2 atom stereocenters. The van der Waals surface area contributed by atoms with Crippen LogP contribution in [0.4, 0.5) is 0 Å². The number of carbonyl (C=O) groups is 1. The van der Waals surface area contributed by atoms with Crippen molar-refractivity contribution in [2.24, 2.45) is 0 Å². The molecule has 2 fully saturated rings. The third kappa shape index (κ3) is 4.33. The SMILES string of the molecule is CN(C)C(=O)CN1CCN(CCn2cc(Cl)cn2)[C@@H]2CS(=O)(=O)C[C@@H]21. The number of rotatable bonds is 5. The first-order valence-corrected chi connectivity index (χ1v) is 10.5. The second-order valence-corrected chi connectivity index (χ2v) is 9.52. The molecule has 2 aliphatic heterocycles. The summed E-state index contributed by atoms with van der Waals surface area (Å²) in [5.41, 5.74) is 0. The molecule has 3 heterocycles. The molecule has 2 saturated heterocycles. The molecule has 0 unspecified atom stereocenters. The van der Waals surface area contributed by atoms with E-state index in [9.17, 15) is 13.2 Å². The summed E-state index contributed by atoms with van der Waals surface area (Å²) < 4.78 is 26.2. The summed E-state index contributed by atoms with van der Waals surface area (Å²) in [5.74, 6) is 0.287. The number of piperazine rings is 1. The van der Waals surface area contributed by atoms with Gasteiger partial charge in [0.2, 0.25) is 5.91 Å². The van der Waals surface area contributed by atoms with Crippen molar-refractivity contribution in [1.82, 2.24) is 24.5 Å². The highest BCUT2D eigenvalue weighted by Crippen LogP contribution is 2.27. The number of nitrogens with zero attached hydrogens (tertiary/aromatic N) is 5. The summed E-state index contributed by atoms with van der Waals surface area (Å²) in [7, 11) is 0.357. The summed E-state index contributed by atoms with van der Waals surface area (Å²) in [6, 6.07) is -0.191. The zero-order valence-corrected chi connectivity index (χ0v) is 16.1. The molecule has 0 saturated carbocycles. The highest BCUT2D eigenvalue weighted by molar-refractivity contribution is 7.91. The average molecular weight is 390 g/mol. The number of sulfone groups is 1. The standard InChI is InChI=1S/C15H24ClN5O3S/c1-18(2)15(22)9-20-4-3-19(5-6-21-8-12(16)7-17-21)13-10-25(23,24)11-14(13)20/h7-8,13-14H,3-6,9-11H2,1-2H3/t13-,14+/m1/s1. The number of amides is 1. The fourth-order valence-electron chi connectivity index (χ4n) is 3.58. The summed E-state index contributed by atoms with van der Waals surface area (Å²) >= 11 is 5.88. The molecule has 8 nitrogen and oxygen atoms in total. The fourth-order valence-corrected chi connectivity index (χ4v) is 5.78. The van der Waals surface area contributed by atoms with E-state index in [0.717, 1.165) is 6.54 Å². The van der Waals surface area contributed by atoms with Gasteiger partial charge in [-0.15, -0.1) is 0 Å². The lowest BCUT2D eigenvalue weighted by Gasteiger charge is -2.43. The van der Waals surface area contributed by atoms with Gasteiger partial charge in [-0.05, 0) is 0 Å². The topological polar surface area (TPSA) is 78.8 Å². The van der Waals surface area contributed by atoms with Gasteiger partial charge in [0.15, 0.2) is 9.84 Å². The van der Waals surface area contributed by atoms with Crippen LogP contribution in [0, 0.1) is 0 Å². The lowest BCUT2D eigenvalue weighted by molar-refractivity contribution is -0.131. The second-order valence-electron chi connectivity index (χ2n) is 6.93. The van der Waals surface area contributed by atoms with E-state index in [0.29, 0.717) is 24.7 Å². The molecule has 10 heteroatoms. The van der Waals surface area contributed by atoms with Gasteiger partial charge in [0.25, 0.3) is 0 Å². The Morgan fingerprint density at radius 3 is 2.48 bits per heavy atom. The first-order chi connectivity index (χ1) is 11.7. The lowest BCUT2D eigenvalue weighted by atomic mass is 10.0. The monoisotopic (exact) mass is 389 g/mol. The first kappa shape index (κ1) is 18.6. The number of aromatic nitrogens is 2. The van der Waals surface area contributed by atoms with Crippen molar-refractivity contribution in [1.29, 1.82) is 0 Å². The van der Waals surface area contributed by atoms with Crippen LogP contribution < -0.4 is 0 Å². The Bertz CT molecular complexity index is 735. The number of likely N-dealkylation sites (N-methyl/N-ethyl adjacent to an activating group) is 1. The third-order valence-electron chi connectivity index (χ3n) is 4.96. The Labute approximate surface area is 153 Å². The van der Waals surface area contributed by atoms with Crippen LogP contribution in [-0.2, 0) is 21.2 Å². The Kier molecular flexibility index (Phi) is 5.38. The Hall–Kier alpha value is -1.16. The van der Waals surface area contributed by atoms with Crippen molar-refractivity contribution in [2.75, 3.05) is 51.8 Å². The summed E-state index contributed by atoms with van der Waals surface area (Å²) in [4.78, 5) is 17.8. The van der Waals surface area contributed by atoms with Crippen LogP contribution in [0.15, 0.2) is 12.4 Å². The van der Waals surface area contributed by atoms with Crippen LogP contribution in [0.5, 0.6) is 0 Å². The van der Waals surface area contributed by atoms with Crippen LogP contribution >= 0.6 is 11.6 Å². The predicted octanol–water partition coefficient (Wildman–Crippen LogP) is -0.592. The van der Waals surface area contributed by atoms with Crippen LogP contribution in [0.25, 0.3) is 0 Å². The molecule has 1 aromatic rings. The van der Waals surface area contributed by atoms with E-state index in [4.69, 9.17) is 11.6 Å². The molecule has 0 bridgehead atoms. The maximum absolute atomic E-state index is 12.2. The predicted molar refractivity (Wildman–Crippen MR) is 95.3 cm³/mol. The van der Waals surface area contributed by atoms with Gasteiger partial charge in [-0.1, -0.05) is 11.6 Å². The zero-order valence-electron chi connectivity index (χ0n) is 14.5. The van der Waals surface area contributed by atoms with Gasteiger partial charge < -0.3 is 4.90 Å². The van der Waals surface area contributed by atoms with Crippen molar-refractivity contribution in [3.05, 3.63) is 17.4 Å². The maximum atomic E-state index is 12.2. The quantitative estimate of drug-likeness (QED) is 0.669. The molecule has 0 aliphatic carbocycles. The van der Waals surface area contributed by atoms with E-state index in [1.165, 1.54) is 0 Å². The van der Waals surface area contributed by atoms with E-state index in [1.807, 2.05) is 4.90 Å². The van der Waals surface area contributed by atoms with E-state index >= 15 is 0 Å². The van der Waals surface area contributed by atoms with Crippen LogP contribution in [-0.4, -0.2) is 103 Å². The zero-order chi connectivity index (χ0) is 18.2.